The van der Waals surface area contributed by atoms with Gasteiger partial charge in [-0.3, -0.25) is 9.59 Å². The minimum absolute atomic E-state index is 0.0605. The summed E-state index contributed by atoms with van der Waals surface area (Å²) in [5.74, 6) is -1.08. The Hall–Kier alpha value is -5.72. The number of aromatic hydroxyl groups is 2. The SMILES string of the molecule is Cc1c2sc(-c3ccccc3)c(-c3ccc(Br)cc3)c2cc2c(=O)c(C(c3ccccc3)c3c(O)sc4c(C)c5sc(-c6ccccc6)c(-c6ccc(Br)cc6)c5cc4c3=O)c(O)sc12. The smallest absolute Gasteiger partial charge is 0.196 e. The molecule has 11 aromatic rings. The van der Waals surface area contributed by atoms with Gasteiger partial charge in [-0.05, 0) is 89.2 Å². The average molecular weight is 1050 g/mol. The Labute approximate surface area is 406 Å². The summed E-state index contributed by atoms with van der Waals surface area (Å²) in [5.41, 5.74) is 7.97. The van der Waals surface area contributed by atoms with E-state index in [0.29, 0.717) is 25.7 Å². The van der Waals surface area contributed by atoms with Crippen molar-refractivity contribution in [1.82, 2.24) is 0 Å². The molecule has 0 aliphatic rings. The van der Waals surface area contributed by atoms with Crippen LogP contribution >= 0.6 is 77.2 Å². The molecule has 0 bridgehead atoms. The first-order chi connectivity index (χ1) is 31.6. The van der Waals surface area contributed by atoms with E-state index in [2.05, 4.69) is 80.4 Å². The van der Waals surface area contributed by atoms with Crippen molar-refractivity contribution in [2.75, 3.05) is 0 Å². The maximum absolute atomic E-state index is 15.4. The summed E-state index contributed by atoms with van der Waals surface area (Å²) in [6.45, 7) is 4.02. The largest absolute Gasteiger partial charge is 0.499 e. The fourth-order valence-corrected chi connectivity index (χ4v) is 14.5. The van der Waals surface area contributed by atoms with Crippen molar-refractivity contribution in [2.24, 2.45) is 0 Å². The molecule has 4 aromatic heterocycles. The van der Waals surface area contributed by atoms with Gasteiger partial charge in [-0.2, -0.15) is 0 Å². The molecule has 0 amide bonds. The molecule has 7 aromatic carbocycles. The fraction of sp³-hybridized carbons (Fsp3) is 0.0545. The lowest BCUT2D eigenvalue weighted by atomic mass is 9.85. The average Bonchev–Trinajstić information content (AvgIpc) is 3.91. The van der Waals surface area contributed by atoms with Gasteiger partial charge in [0.25, 0.3) is 0 Å². The summed E-state index contributed by atoms with van der Waals surface area (Å²) in [4.78, 5) is 33.0. The molecule has 0 aliphatic heterocycles. The molecule has 0 saturated carbocycles. The van der Waals surface area contributed by atoms with Crippen molar-refractivity contribution in [3.63, 3.8) is 0 Å². The molecule has 11 rings (SSSR count). The van der Waals surface area contributed by atoms with Gasteiger partial charge in [0.1, 0.15) is 0 Å². The summed E-state index contributed by atoms with van der Waals surface area (Å²) in [7, 11) is 0. The molecule has 4 nitrogen and oxygen atoms in total. The van der Waals surface area contributed by atoms with Crippen molar-refractivity contribution >= 4 is 118 Å². The highest BCUT2D eigenvalue weighted by molar-refractivity contribution is 9.10. The van der Waals surface area contributed by atoms with Crippen LogP contribution in [0.2, 0.25) is 0 Å². The van der Waals surface area contributed by atoms with E-state index in [-0.39, 0.29) is 32.1 Å². The molecule has 0 radical (unpaired) electrons. The van der Waals surface area contributed by atoms with Crippen molar-refractivity contribution < 1.29 is 10.2 Å². The number of benzene rings is 7. The van der Waals surface area contributed by atoms with Crippen molar-refractivity contribution in [2.45, 2.75) is 19.8 Å². The third kappa shape index (κ3) is 7.01. The lowest BCUT2D eigenvalue weighted by molar-refractivity contribution is 0.473. The van der Waals surface area contributed by atoms with Crippen molar-refractivity contribution in [3.8, 4) is 53.3 Å². The molecular formula is C55H34Br2O4S4. The monoisotopic (exact) mass is 1040 g/mol. The zero-order valence-corrected chi connectivity index (χ0v) is 41.0. The third-order valence-electron chi connectivity index (χ3n) is 12.2. The van der Waals surface area contributed by atoms with E-state index in [0.717, 1.165) is 106 Å². The van der Waals surface area contributed by atoms with Gasteiger partial charge in [0.05, 0.1) is 17.0 Å². The first-order valence-corrected chi connectivity index (χ1v) is 25.6. The Bertz CT molecular complexity index is 3570. The molecule has 316 valence electrons. The van der Waals surface area contributed by atoms with Crippen LogP contribution < -0.4 is 10.9 Å². The van der Waals surface area contributed by atoms with Gasteiger partial charge >= 0.3 is 0 Å². The first kappa shape index (κ1) is 41.9. The van der Waals surface area contributed by atoms with Crippen molar-refractivity contribution in [3.05, 3.63) is 209 Å². The quantitative estimate of drug-likeness (QED) is 0.167. The van der Waals surface area contributed by atoms with E-state index >= 15 is 9.59 Å². The van der Waals surface area contributed by atoms with E-state index in [1.54, 1.807) is 22.7 Å². The molecule has 0 atom stereocenters. The van der Waals surface area contributed by atoms with Gasteiger partial charge < -0.3 is 10.2 Å². The van der Waals surface area contributed by atoms with Gasteiger partial charge in [0.2, 0.25) is 0 Å². The molecule has 4 heterocycles. The maximum atomic E-state index is 15.4. The van der Waals surface area contributed by atoms with Crippen LogP contribution in [0.4, 0.5) is 0 Å². The summed E-state index contributed by atoms with van der Waals surface area (Å²) < 4.78 is 5.34. The second kappa shape index (κ2) is 16.6. The predicted octanol–water partition coefficient (Wildman–Crippen LogP) is 16.7. The van der Waals surface area contributed by atoms with Crippen LogP contribution in [-0.2, 0) is 0 Å². The van der Waals surface area contributed by atoms with E-state index in [9.17, 15) is 10.2 Å². The molecule has 10 heteroatoms. The van der Waals surface area contributed by atoms with E-state index in [4.69, 9.17) is 0 Å². The van der Waals surface area contributed by atoms with Crippen molar-refractivity contribution in [1.29, 1.82) is 0 Å². The standard InChI is InChI=1S/C55H34Br2O4S4/c1-28-48-37(41(31-18-22-35(56)23-19-31)52(62-48)33-14-8-4-9-15-33)26-39-46(58)44(54(60)64-50(28)39)43(30-12-6-3-7-13-30)45-47(59)40-27-38-42(32-20-24-36(57)25-21-32)53(34-16-10-5-11-17-34)63-49(38)29(2)51(40)65-55(45)61/h3-27,43,60-61H,1-2H3. The molecule has 2 N–H and O–H groups in total. The van der Waals surface area contributed by atoms with Crippen LogP contribution in [0.5, 0.6) is 10.1 Å². The van der Waals surface area contributed by atoms with Crippen LogP contribution in [-0.4, -0.2) is 10.2 Å². The highest BCUT2D eigenvalue weighted by Gasteiger charge is 2.33. The zero-order valence-electron chi connectivity index (χ0n) is 34.6. The number of fused-ring (bicyclic) bond motifs is 4. The Morgan fingerprint density at radius 2 is 0.785 bits per heavy atom. The highest BCUT2D eigenvalue weighted by atomic mass is 79.9. The van der Waals surface area contributed by atoms with Gasteiger partial charge in [0.15, 0.2) is 21.0 Å². The molecule has 0 aliphatic carbocycles. The van der Waals surface area contributed by atoms with E-state index < -0.39 is 5.92 Å². The maximum Gasteiger partial charge on any atom is 0.196 e. The van der Waals surface area contributed by atoms with Crippen LogP contribution in [0, 0.1) is 13.8 Å². The topological polar surface area (TPSA) is 74.6 Å². The molecule has 0 saturated heterocycles. The summed E-state index contributed by atoms with van der Waals surface area (Å²) >= 11 is 12.9. The third-order valence-corrected chi connectivity index (χ3v) is 18.3. The molecule has 0 spiro atoms. The number of thiophene rings is 2. The molecule has 65 heavy (non-hydrogen) atoms. The Morgan fingerprint density at radius 3 is 1.17 bits per heavy atom. The van der Waals surface area contributed by atoms with Crippen LogP contribution in [0.15, 0.2) is 170 Å². The molecule has 0 fully saturated rings. The normalized spacial score (nSPS) is 11.8. The second-order valence-electron chi connectivity index (χ2n) is 16.0. The highest BCUT2D eigenvalue weighted by Crippen LogP contribution is 2.52. The Morgan fingerprint density at radius 1 is 0.431 bits per heavy atom. The number of aryl methyl sites for hydroxylation is 2. The van der Waals surface area contributed by atoms with E-state index in [1.165, 1.54) is 0 Å². The Balaban J connectivity index is 1.19. The lowest BCUT2D eigenvalue weighted by Gasteiger charge is -2.20. The first-order valence-electron chi connectivity index (χ1n) is 20.8. The van der Waals surface area contributed by atoms with E-state index in [1.807, 2.05) is 117 Å². The van der Waals surface area contributed by atoms with Gasteiger partial charge in [-0.15, -0.1) is 22.7 Å². The molecule has 0 unspecified atom stereocenters. The second-order valence-corrected chi connectivity index (χ2v) is 21.9. The minimum Gasteiger partial charge on any atom is -0.499 e. The van der Waals surface area contributed by atoms with Crippen LogP contribution in [0.3, 0.4) is 0 Å². The summed E-state index contributed by atoms with van der Waals surface area (Å²) in [6, 6.07) is 50.2. The number of hydrogen-bond acceptors (Lipinski definition) is 8. The fourth-order valence-electron chi connectivity index (χ4n) is 9.16. The van der Waals surface area contributed by atoms with Crippen LogP contribution in [0.1, 0.15) is 33.7 Å². The van der Waals surface area contributed by atoms with Gasteiger partial charge in [0, 0.05) is 70.2 Å². The minimum atomic E-state index is -1.08. The molecular weight excluding hydrogens is 1010 g/mol. The summed E-state index contributed by atoms with van der Waals surface area (Å²) in [5, 5.41) is 26.8. The predicted molar refractivity (Wildman–Crippen MR) is 284 cm³/mol. The van der Waals surface area contributed by atoms with Gasteiger partial charge in [-0.25, -0.2) is 0 Å². The van der Waals surface area contributed by atoms with Gasteiger partial charge in [-0.1, -0.05) is 170 Å². The number of halogens is 2. The number of rotatable bonds is 7. The Kier molecular flexibility index (Phi) is 10.7. The zero-order chi connectivity index (χ0) is 44.7. The van der Waals surface area contributed by atoms with Crippen LogP contribution in [0.25, 0.3) is 83.5 Å². The summed E-state index contributed by atoms with van der Waals surface area (Å²) in [6.07, 6.45) is 0. The number of hydrogen-bond donors (Lipinski definition) is 2. The lowest BCUT2D eigenvalue weighted by Crippen LogP contribution is -2.21.